The molecule has 15 heavy (non-hydrogen) atoms. The molecule has 0 radical (unpaired) electrons. The van der Waals surface area contributed by atoms with Gasteiger partial charge < -0.3 is 10.6 Å². The van der Waals surface area contributed by atoms with Crippen molar-refractivity contribution in [3.8, 4) is 0 Å². The maximum Gasteiger partial charge on any atom is 0.134 e. The highest BCUT2D eigenvalue weighted by atomic mass is 32.2. The third kappa shape index (κ3) is 3.27. The van der Waals surface area contributed by atoms with Gasteiger partial charge >= 0.3 is 0 Å². The molecule has 1 rings (SSSR count). The number of nitrogens with one attached hydrogen (secondary N) is 2. The number of anilines is 2. The molecule has 0 aromatic carbocycles. The minimum atomic E-state index is 0.916. The van der Waals surface area contributed by atoms with E-state index in [1.807, 2.05) is 18.8 Å². The second-order valence-electron chi connectivity index (χ2n) is 3.07. The Kier molecular flexibility index (Phi) is 5.25. The summed E-state index contributed by atoms with van der Waals surface area (Å²) in [6.45, 7) is 3.05. The van der Waals surface area contributed by atoms with Crippen LogP contribution in [0.2, 0.25) is 0 Å². The highest BCUT2D eigenvalue weighted by molar-refractivity contribution is 7.98. The SMILES string of the molecule is CCc1c(NC)ncnc1NCCSC. The maximum atomic E-state index is 4.26. The lowest BCUT2D eigenvalue weighted by Crippen LogP contribution is -2.10. The maximum absolute atomic E-state index is 4.26. The normalized spacial score (nSPS) is 10.1. The molecule has 84 valence electrons. The fraction of sp³-hybridized carbons (Fsp3) is 0.600. The van der Waals surface area contributed by atoms with E-state index in [9.17, 15) is 0 Å². The number of thioether (sulfide) groups is 1. The fourth-order valence-electron chi connectivity index (χ4n) is 1.39. The molecule has 0 saturated carbocycles. The van der Waals surface area contributed by atoms with Gasteiger partial charge in [-0.1, -0.05) is 6.92 Å². The highest BCUT2D eigenvalue weighted by Crippen LogP contribution is 2.19. The van der Waals surface area contributed by atoms with Gasteiger partial charge in [-0.05, 0) is 12.7 Å². The van der Waals surface area contributed by atoms with Crippen molar-refractivity contribution in [2.75, 3.05) is 36.2 Å². The molecule has 0 aliphatic carbocycles. The predicted octanol–water partition coefficient (Wildman–Crippen LogP) is 1.86. The van der Waals surface area contributed by atoms with Crippen LogP contribution < -0.4 is 10.6 Å². The molecule has 0 bridgehead atoms. The van der Waals surface area contributed by atoms with Crippen molar-refractivity contribution in [2.24, 2.45) is 0 Å². The molecule has 1 aromatic rings. The molecule has 1 heterocycles. The molecule has 5 heteroatoms. The van der Waals surface area contributed by atoms with Gasteiger partial charge in [-0.2, -0.15) is 11.8 Å². The Labute approximate surface area is 95.3 Å². The number of hydrogen-bond acceptors (Lipinski definition) is 5. The first-order chi connectivity index (χ1) is 7.33. The summed E-state index contributed by atoms with van der Waals surface area (Å²) in [6, 6.07) is 0. The van der Waals surface area contributed by atoms with Crippen LogP contribution in [0.1, 0.15) is 12.5 Å². The van der Waals surface area contributed by atoms with Gasteiger partial charge in [0.15, 0.2) is 0 Å². The highest BCUT2D eigenvalue weighted by Gasteiger charge is 2.07. The van der Waals surface area contributed by atoms with Crippen molar-refractivity contribution in [3.63, 3.8) is 0 Å². The lowest BCUT2D eigenvalue weighted by Gasteiger charge is -2.12. The topological polar surface area (TPSA) is 49.8 Å². The van der Waals surface area contributed by atoms with E-state index in [0.29, 0.717) is 0 Å². The molecule has 0 unspecified atom stereocenters. The van der Waals surface area contributed by atoms with E-state index >= 15 is 0 Å². The molecule has 4 nitrogen and oxygen atoms in total. The van der Waals surface area contributed by atoms with Crippen molar-refractivity contribution >= 4 is 23.4 Å². The Morgan fingerprint density at radius 2 is 2.07 bits per heavy atom. The zero-order valence-electron chi connectivity index (χ0n) is 9.50. The molecule has 0 atom stereocenters. The monoisotopic (exact) mass is 226 g/mol. The summed E-state index contributed by atoms with van der Waals surface area (Å²) in [4.78, 5) is 8.45. The Balaban J connectivity index is 2.76. The first-order valence-electron chi connectivity index (χ1n) is 5.07. The van der Waals surface area contributed by atoms with Crippen molar-refractivity contribution in [2.45, 2.75) is 13.3 Å². The van der Waals surface area contributed by atoms with Gasteiger partial charge in [-0.15, -0.1) is 0 Å². The quantitative estimate of drug-likeness (QED) is 0.725. The second-order valence-corrected chi connectivity index (χ2v) is 4.06. The molecule has 1 aromatic heterocycles. The van der Waals surface area contributed by atoms with E-state index in [2.05, 4.69) is 33.8 Å². The van der Waals surface area contributed by atoms with E-state index in [1.54, 1.807) is 6.33 Å². The molecule has 0 aliphatic rings. The molecule has 0 spiro atoms. The third-order valence-corrected chi connectivity index (χ3v) is 2.75. The average molecular weight is 226 g/mol. The molecule has 0 saturated heterocycles. The summed E-state index contributed by atoms with van der Waals surface area (Å²) in [5.41, 5.74) is 1.15. The van der Waals surface area contributed by atoms with E-state index < -0.39 is 0 Å². The number of hydrogen-bond donors (Lipinski definition) is 2. The Morgan fingerprint density at radius 3 is 2.67 bits per heavy atom. The lowest BCUT2D eigenvalue weighted by molar-refractivity contribution is 1.03. The van der Waals surface area contributed by atoms with Crippen LogP contribution in [0.5, 0.6) is 0 Å². The van der Waals surface area contributed by atoms with Crippen molar-refractivity contribution < 1.29 is 0 Å². The Morgan fingerprint density at radius 1 is 1.33 bits per heavy atom. The predicted molar refractivity (Wildman–Crippen MR) is 67.8 cm³/mol. The molecular formula is C10H18N4S. The van der Waals surface area contributed by atoms with Crippen LogP contribution in [-0.2, 0) is 6.42 Å². The Bertz CT molecular complexity index is 303. The summed E-state index contributed by atoms with van der Waals surface area (Å²) < 4.78 is 0. The second kappa shape index (κ2) is 6.50. The van der Waals surface area contributed by atoms with Crippen molar-refractivity contribution in [3.05, 3.63) is 11.9 Å². The van der Waals surface area contributed by atoms with E-state index in [-0.39, 0.29) is 0 Å². The van der Waals surface area contributed by atoms with E-state index in [1.165, 1.54) is 0 Å². The molecule has 0 aliphatic heterocycles. The fourth-order valence-corrected chi connectivity index (χ4v) is 1.69. The average Bonchev–Trinajstić information content (AvgIpc) is 2.29. The molecule has 0 fully saturated rings. The van der Waals surface area contributed by atoms with Crippen LogP contribution in [0.15, 0.2) is 6.33 Å². The molecule has 2 N–H and O–H groups in total. The summed E-state index contributed by atoms with van der Waals surface area (Å²) >= 11 is 1.82. The zero-order chi connectivity index (χ0) is 11.1. The number of rotatable bonds is 6. The third-order valence-electron chi connectivity index (χ3n) is 2.13. The standard InChI is InChI=1S/C10H18N4S/c1-4-8-9(11-2)13-7-14-10(8)12-5-6-15-3/h7H,4-6H2,1-3H3,(H2,11,12,13,14). The summed E-state index contributed by atoms with van der Waals surface area (Å²) in [5.74, 6) is 2.95. The Hall–Kier alpha value is -0.970. The van der Waals surface area contributed by atoms with Gasteiger partial charge in [0.05, 0.1) is 0 Å². The van der Waals surface area contributed by atoms with Crippen LogP contribution in [-0.4, -0.2) is 35.6 Å². The van der Waals surface area contributed by atoms with Gasteiger partial charge in [-0.3, -0.25) is 0 Å². The zero-order valence-corrected chi connectivity index (χ0v) is 10.3. The van der Waals surface area contributed by atoms with Gasteiger partial charge in [-0.25, -0.2) is 9.97 Å². The van der Waals surface area contributed by atoms with E-state index in [4.69, 9.17) is 0 Å². The van der Waals surface area contributed by atoms with Crippen LogP contribution in [0.4, 0.5) is 11.6 Å². The summed E-state index contributed by atoms with van der Waals surface area (Å²) in [6.07, 6.45) is 4.62. The van der Waals surface area contributed by atoms with Crippen LogP contribution in [0, 0.1) is 0 Å². The van der Waals surface area contributed by atoms with E-state index in [0.717, 1.165) is 35.9 Å². The van der Waals surface area contributed by atoms with Gasteiger partial charge in [0, 0.05) is 24.9 Å². The minimum Gasteiger partial charge on any atom is -0.373 e. The van der Waals surface area contributed by atoms with Crippen LogP contribution in [0.25, 0.3) is 0 Å². The number of aromatic nitrogens is 2. The summed E-state index contributed by atoms with van der Waals surface area (Å²) in [5, 5.41) is 6.41. The van der Waals surface area contributed by atoms with Crippen molar-refractivity contribution in [1.29, 1.82) is 0 Å². The smallest absolute Gasteiger partial charge is 0.134 e. The van der Waals surface area contributed by atoms with Crippen LogP contribution >= 0.6 is 11.8 Å². The summed E-state index contributed by atoms with van der Waals surface area (Å²) in [7, 11) is 1.88. The molecular weight excluding hydrogens is 208 g/mol. The first kappa shape index (κ1) is 12.1. The largest absolute Gasteiger partial charge is 0.373 e. The van der Waals surface area contributed by atoms with Crippen LogP contribution in [0.3, 0.4) is 0 Å². The van der Waals surface area contributed by atoms with Gasteiger partial charge in [0.2, 0.25) is 0 Å². The molecule has 0 amide bonds. The first-order valence-corrected chi connectivity index (χ1v) is 6.47. The lowest BCUT2D eigenvalue weighted by atomic mass is 10.2. The minimum absolute atomic E-state index is 0.916. The van der Waals surface area contributed by atoms with Gasteiger partial charge in [0.25, 0.3) is 0 Å². The number of nitrogens with zero attached hydrogens (tertiary/aromatic N) is 2. The van der Waals surface area contributed by atoms with Gasteiger partial charge in [0.1, 0.15) is 18.0 Å². The van der Waals surface area contributed by atoms with Crippen molar-refractivity contribution in [1.82, 2.24) is 9.97 Å².